The summed E-state index contributed by atoms with van der Waals surface area (Å²) in [6, 6.07) is 13.4. The lowest BCUT2D eigenvalue weighted by molar-refractivity contribution is 0.302. The minimum absolute atomic E-state index is 0.471. The molecule has 0 unspecified atom stereocenters. The number of hydrogen-bond acceptors (Lipinski definition) is 3. The van der Waals surface area contributed by atoms with Gasteiger partial charge in [-0.15, -0.1) is 0 Å². The van der Waals surface area contributed by atoms with Crippen LogP contribution in [-0.4, -0.2) is 0 Å². The summed E-state index contributed by atoms with van der Waals surface area (Å²) in [5.74, 6) is 0.835. The predicted octanol–water partition coefficient (Wildman–Crippen LogP) is 3.34. The van der Waals surface area contributed by atoms with E-state index in [4.69, 9.17) is 15.7 Å². The average molecular weight is 252 g/mol. The normalized spacial score (nSPS) is 9.95. The van der Waals surface area contributed by atoms with Gasteiger partial charge in [0.25, 0.3) is 0 Å². The lowest BCUT2D eigenvalue weighted by Crippen LogP contribution is -2.00. The van der Waals surface area contributed by atoms with Crippen LogP contribution >= 0.6 is 0 Å². The van der Waals surface area contributed by atoms with E-state index in [0.29, 0.717) is 12.2 Å². The molecule has 19 heavy (non-hydrogen) atoms. The van der Waals surface area contributed by atoms with Crippen molar-refractivity contribution in [3.05, 3.63) is 58.7 Å². The average Bonchev–Trinajstić information content (AvgIpc) is 2.37. The lowest BCUT2D eigenvalue weighted by Gasteiger charge is -2.12. The van der Waals surface area contributed by atoms with Crippen molar-refractivity contribution in [1.29, 1.82) is 5.26 Å². The summed E-state index contributed by atoms with van der Waals surface area (Å²) in [6.45, 7) is 4.36. The van der Waals surface area contributed by atoms with Crippen LogP contribution in [0.5, 0.6) is 5.75 Å². The third kappa shape index (κ3) is 3.05. The number of nitriles is 1. The number of anilines is 1. The maximum Gasteiger partial charge on any atom is 0.125 e. The molecule has 2 rings (SSSR count). The van der Waals surface area contributed by atoms with Gasteiger partial charge in [-0.05, 0) is 54.8 Å². The molecule has 96 valence electrons. The summed E-state index contributed by atoms with van der Waals surface area (Å²) in [4.78, 5) is 0. The Hall–Kier alpha value is -2.47. The Kier molecular flexibility index (Phi) is 3.72. The second-order valence-corrected chi connectivity index (χ2v) is 4.58. The fraction of sp³-hybridized carbons (Fsp3) is 0.188. The van der Waals surface area contributed by atoms with E-state index in [0.717, 1.165) is 28.1 Å². The summed E-state index contributed by atoms with van der Waals surface area (Å²) >= 11 is 0. The van der Waals surface area contributed by atoms with Crippen molar-refractivity contribution in [2.24, 2.45) is 0 Å². The molecule has 0 aliphatic carbocycles. The number of nitrogen functional groups attached to an aromatic ring is 1. The first-order valence-electron chi connectivity index (χ1n) is 6.08. The third-order valence-corrected chi connectivity index (χ3v) is 2.92. The quantitative estimate of drug-likeness (QED) is 0.852. The van der Waals surface area contributed by atoms with E-state index >= 15 is 0 Å². The van der Waals surface area contributed by atoms with Crippen LogP contribution in [0.25, 0.3) is 0 Å². The van der Waals surface area contributed by atoms with Gasteiger partial charge in [-0.2, -0.15) is 5.26 Å². The Morgan fingerprint density at radius 3 is 2.42 bits per heavy atom. The van der Waals surface area contributed by atoms with Crippen molar-refractivity contribution in [2.75, 3.05) is 5.73 Å². The van der Waals surface area contributed by atoms with Crippen molar-refractivity contribution in [3.63, 3.8) is 0 Å². The van der Waals surface area contributed by atoms with E-state index in [2.05, 4.69) is 6.07 Å². The van der Waals surface area contributed by atoms with Gasteiger partial charge in [0.2, 0.25) is 0 Å². The number of rotatable bonds is 3. The fourth-order valence-electron chi connectivity index (χ4n) is 2.08. The summed E-state index contributed by atoms with van der Waals surface area (Å²) in [5, 5.41) is 8.91. The fourth-order valence-corrected chi connectivity index (χ4v) is 2.08. The molecule has 3 nitrogen and oxygen atoms in total. The van der Waals surface area contributed by atoms with Crippen LogP contribution in [0.2, 0.25) is 0 Å². The van der Waals surface area contributed by atoms with Crippen LogP contribution in [0.4, 0.5) is 5.69 Å². The molecule has 0 saturated heterocycles. The van der Waals surface area contributed by atoms with Gasteiger partial charge in [-0.3, -0.25) is 0 Å². The SMILES string of the molecule is Cc1cc(C#N)cc(C)c1OCc1cccc(N)c1. The van der Waals surface area contributed by atoms with Gasteiger partial charge in [0.05, 0.1) is 11.6 Å². The molecule has 0 aliphatic heterocycles. The van der Waals surface area contributed by atoms with E-state index in [1.165, 1.54) is 0 Å². The summed E-state index contributed by atoms with van der Waals surface area (Å²) < 4.78 is 5.84. The van der Waals surface area contributed by atoms with Gasteiger partial charge in [0.15, 0.2) is 0 Å². The minimum atomic E-state index is 0.471. The zero-order valence-electron chi connectivity index (χ0n) is 11.1. The van der Waals surface area contributed by atoms with E-state index < -0.39 is 0 Å². The van der Waals surface area contributed by atoms with Gasteiger partial charge in [-0.25, -0.2) is 0 Å². The maximum absolute atomic E-state index is 8.91. The maximum atomic E-state index is 8.91. The molecule has 2 N–H and O–H groups in total. The van der Waals surface area contributed by atoms with E-state index in [1.54, 1.807) is 0 Å². The van der Waals surface area contributed by atoms with Crippen LogP contribution < -0.4 is 10.5 Å². The number of ether oxygens (including phenoxy) is 1. The van der Waals surface area contributed by atoms with Crippen LogP contribution in [0.1, 0.15) is 22.3 Å². The first-order chi connectivity index (χ1) is 9.10. The molecule has 0 amide bonds. The number of aryl methyl sites for hydroxylation is 2. The first-order valence-corrected chi connectivity index (χ1v) is 6.08. The Morgan fingerprint density at radius 1 is 1.16 bits per heavy atom. The van der Waals surface area contributed by atoms with Crippen molar-refractivity contribution in [3.8, 4) is 11.8 Å². The molecule has 0 aromatic heterocycles. The number of nitrogens with two attached hydrogens (primary N) is 1. The summed E-state index contributed by atoms with van der Waals surface area (Å²) in [5.41, 5.74) is 10.1. The highest BCUT2D eigenvalue weighted by Gasteiger charge is 2.06. The monoisotopic (exact) mass is 252 g/mol. The highest BCUT2D eigenvalue weighted by atomic mass is 16.5. The van der Waals surface area contributed by atoms with Crippen molar-refractivity contribution in [1.82, 2.24) is 0 Å². The Balaban J connectivity index is 2.18. The zero-order valence-corrected chi connectivity index (χ0v) is 11.1. The lowest BCUT2D eigenvalue weighted by atomic mass is 10.1. The molecule has 0 atom stereocenters. The van der Waals surface area contributed by atoms with Crippen molar-refractivity contribution < 1.29 is 4.74 Å². The number of benzene rings is 2. The second-order valence-electron chi connectivity index (χ2n) is 4.58. The molecule has 0 heterocycles. The molecule has 0 saturated carbocycles. The van der Waals surface area contributed by atoms with Gasteiger partial charge in [0.1, 0.15) is 12.4 Å². The molecule has 2 aromatic rings. The van der Waals surface area contributed by atoms with E-state index in [-0.39, 0.29) is 0 Å². The van der Waals surface area contributed by atoms with Gasteiger partial charge < -0.3 is 10.5 Å². The van der Waals surface area contributed by atoms with Crippen LogP contribution in [-0.2, 0) is 6.61 Å². The summed E-state index contributed by atoms with van der Waals surface area (Å²) in [7, 11) is 0. The molecular weight excluding hydrogens is 236 g/mol. The van der Waals surface area contributed by atoms with Crippen LogP contribution in [0, 0.1) is 25.2 Å². The predicted molar refractivity (Wildman–Crippen MR) is 75.8 cm³/mol. The highest BCUT2D eigenvalue weighted by Crippen LogP contribution is 2.25. The molecule has 0 spiro atoms. The Morgan fingerprint density at radius 2 is 1.84 bits per heavy atom. The van der Waals surface area contributed by atoms with Crippen LogP contribution in [0.15, 0.2) is 36.4 Å². The molecule has 0 bridgehead atoms. The highest BCUT2D eigenvalue weighted by molar-refractivity contribution is 5.47. The molecule has 3 heteroatoms. The summed E-state index contributed by atoms with van der Waals surface area (Å²) in [6.07, 6.45) is 0. The van der Waals surface area contributed by atoms with Gasteiger partial charge in [0, 0.05) is 5.69 Å². The van der Waals surface area contributed by atoms with Crippen molar-refractivity contribution >= 4 is 5.69 Å². The molecule has 0 fully saturated rings. The number of hydrogen-bond donors (Lipinski definition) is 1. The third-order valence-electron chi connectivity index (χ3n) is 2.92. The van der Waals surface area contributed by atoms with E-state index in [9.17, 15) is 0 Å². The molecule has 0 aliphatic rings. The topological polar surface area (TPSA) is 59.0 Å². The van der Waals surface area contributed by atoms with Gasteiger partial charge >= 0.3 is 0 Å². The largest absolute Gasteiger partial charge is 0.488 e. The minimum Gasteiger partial charge on any atom is -0.488 e. The zero-order chi connectivity index (χ0) is 13.8. The molecule has 0 radical (unpaired) electrons. The first kappa shape index (κ1) is 13.0. The Labute approximate surface area is 113 Å². The standard InChI is InChI=1S/C16H16N2O/c1-11-6-14(9-17)7-12(2)16(11)19-10-13-4-3-5-15(18)8-13/h3-8H,10,18H2,1-2H3. The molecular formula is C16H16N2O. The molecule has 2 aromatic carbocycles. The Bertz CT molecular complexity index is 618. The van der Waals surface area contributed by atoms with Crippen molar-refractivity contribution in [2.45, 2.75) is 20.5 Å². The second kappa shape index (κ2) is 5.45. The smallest absolute Gasteiger partial charge is 0.125 e. The number of nitrogens with zero attached hydrogens (tertiary/aromatic N) is 1. The van der Waals surface area contributed by atoms with E-state index in [1.807, 2.05) is 50.2 Å². The van der Waals surface area contributed by atoms with Gasteiger partial charge in [-0.1, -0.05) is 12.1 Å². The van der Waals surface area contributed by atoms with Crippen LogP contribution in [0.3, 0.4) is 0 Å².